The van der Waals surface area contributed by atoms with E-state index in [1.807, 2.05) is 30.9 Å². The van der Waals surface area contributed by atoms with E-state index in [4.69, 9.17) is 11.6 Å². The van der Waals surface area contributed by atoms with Gasteiger partial charge >= 0.3 is 0 Å². The molecule has 114 valence electrons. The van der Waals surface area contributed by atoms with E-state index in [1.54, 1.807) is 6.20 Å². The Morgan fingerprint density at radius 1 is 1.43 bits per heavy atom. The third-order valence-electron chi connectivity index (χ3n) is 3.81. The predicted octanol–water partition coefficient (Wildman–Crippen LogP) is 3.02. The molecule has 0 spiro atoms. The first-order valence-corrected chi connectivity index (χ1v) is 7.81. The summed E-state index contributed by atoms with van der Waals surface area (Å²) in [4.78, 5) is 4.16. The van der Waals surface area contributed by atoms with Gasteiger partial charge in [0.25, 0.3) is 0 Å². The number of pyridine rings is 1. The lowest BCUT2D eigenvalue weighted by atomic mass is 10.0. The van der Waals surface area contributed by atoms with Gasteiger partial charge in [-0.15, -0.1) is 0 Å². The Bertz CT molecular complexity index is 565. The third kappa shape index (κ3) is 4.05. The van der Waals surface area contributed by atoms with Gasteiger partial charge in [-0.1, -0.05) is 17.7 Å². The Kier molecular flexibility index (Phi) is 5.76. The lowest BCUT2D eigenvalue weighted by Gasteiger charge is -2.17. The molecular formula is C16H23ClN4. The quantitative estimate of drug-likeness (QED) is 0.855. The number of likely N-dealkylation sites (N-methyl/N-ethyl adjacent to an activating group) is 1. The summed E-state index contributed by atoms with van der Waals surface area (Å²) in [6.45, 7) is 4.90. The van der Waals surface area contributed by atoms with Crippen molar-refractivity contribution < 1.29 is 0 Å². The summed E-state index contributed by atoms with van der Waals surface area (Å²) in [7, 11) is 2.00. The minimum atomic E-state index is 0.379. The second-order valence-corrected chi connectivity index (χ2v) is 5.63. The molecule has 0 bridgehead atoms. The van der Waals surface area contributed by atoms with Crippen molar-refractivity contribution in [3.63, 3.8) is 0 Å². The van der Waals surface area contributed by atoms with Gasteiger partial charge in [0, 0.05) is 31.4 Å². The van der Waals surface area contributed by atoms with Crippen LogP contribution in [0.5, 0.6) is 0 Å². The zero-order valence-corrected chi connectivity index (χ0v) is 13.7. The summed E-state index contributed by atoms with van der Waals surface area (Å²) in [5, 5.41) is 8.67. The zero-order chi connectivity index (χ0) is 15.2. The molecule has 2 aromatic rings. The van der Waals surface area contributed by atoms with Crippen LogP contribution in [0, 0.1) is 6.92 Å². The summed E-state index contributed by atoms with van der Waals surface area (Å²) in [5.74, 6) is 0. The molecule has 0 amide bonds. The standard InChI is InChI=1S/C16H23ClN4/c1-4-21-15(16(17)12(2)20-21)10-14(18-3)8-7-13-6-5-9-19-11-13/h5-6,9,11,14,18H,4,7-8,10H2,1-3H3. The molecule has 4 nitrogen and oxygen atoms in total. The minimum absolute atomic E-state index is 0.379. The van der Waals surface area contributed by atoms with Gasteiger partial charge in [0.15, 0.2) is 0 Å². The van der Waals surface area contributed by atoms with Crippen molar-refractivity contribution in [1.82, 2.24) is 20.1 Å². The maximum atomic E-state index is 6.39. The maximum absolute atomic E-state index is 6.39. The monoisotopic (exact) mass is 306 g/mol. The molecule has 0 aromatic carbocycles. The lowest BCUT2D eigenvalue weighted by Crippen LogP contribution is -2.29. The molecule has 0 saturated carbocycles. The van der Waals surface area contributed by atoms with Gasteiger partial charge < -0.3 is 5.32 Å². The van der Waals surface area contributed by atoms with Crippen LogP contribution in [0.4, 0.5) is 0 Å². The fourth-order valence-electron chi connectivity index (χ4n) is 2.53. The van der Waals surface area contributed by atoms with Crippen LogP contribution in [0.2, 0.25) is 5.02 Å². The highest BCUT2D eigenvalue weighted by atomic mass is 35.5. The van der Waals surface area contributed by atoms with E-state index in [1.165, 1.54) is 5.56 Å². The third-order valence-corrected chi connectivity index (χ3v) is 4.30. The largest absolute Gasteiger partial charge is 0.317 e. The summed E-state index contributed by atoms with van der Waals surface area (Å²) in [5.41, 5.74) is 3.31. The molecule has 0 aliphatic heterocycles. The molecule has 5 heteroatoms. The molecular weight excluding hydrogens is 284 g/mol. The van der Waals surface area contributed by atoms with E-state index >= 15 is 0 Å². The van der Waals surface area contributed by atoms with Gasteiger partial charge in [0.05, 0.1) is 16.4 Å². The normalized spacial score (nSPS) is 12.6. The van der Waals surface area contributed by atoms with Crippen molar-refractivity contribution in [2.75, 3.05) is 7.05 Å². The molecule has 2 rings (SSSR count). The van der Waals surface area contributed by atoms with Crippen LogP contribution in [0.25, 0.3) is 0 Å². The van der Waals surface area contributed by atoms with Crippen molar-refractivity contribution in [1.29, 1.82) is 0 Å². The number of hydrogen-bond acceptors (Lipinski definition) is 3. The van der Waals surface area contributed by atoms with Crippen LogP contribution < -0.4 is 5.32 Å². The zero-order valence-electron chi connectivity index (χ0n) is 12.9. The maximum Gasteiger partial charge on any atom is 0.0847 e. The topological polar surface area (TPSA) is 42.7 Å². The van der Waals surface area contributed by atoms with E-state index in [0.717, 1.165) is 42.2 Å². The van der Waals surface area contributed by atoms with Gasteiger partial charge in [0.2, 0.25) is 0 Å². The Balaban J connectivity index is 2.02. The highest BCUT2D eigenvalue weighted by molar-refractivity contribution is 6.31. The summed E-state index contributed by atoms with van der Waals surface area (Å²) in [6, 6.07) is 4.48. The highest BCUT2D eigenvalue weighted by Gasteiger charge is 2.17. The molecule has 0 saturated heterocycles. The van der Waals surface area contributed by atoms with E-state index in [-0.39, 0.29) is 0 Å². The Morgan fingerprint density at radius 2 is 2.24 bits per heavy atom. The van der Waals surface area contributed by atoms with Gasteiger partial charge in [-0.25, -0.2) is 0 Å². The van der Waals surface area contributed by atoms with Crippen LogP contribution in [0.1, 0.15) is 30.3 Å². The molecule has 2 aromatic heterocycles. The number of hydrogen-bond donors (Lipinski definition) is 1. The molecule has 1 N–H and O–H groups in total. The smallest absolute Gasteiger partial charge is 0.0847 e. The molecule has 0 fully saturated rings. The number of aromatic nitrogens is 3. The van der Waals surface area contributed by atoms with Gasteiger partial charge in [0.1, 0.15) is 0 Å². The van der Waals surface area contributed by atoms with E-state index in [2.05, 4.69) is 28.4 Å². The number of aryl methyl sites for hydroxylation is 3. The Morgan fingerprint density at radius 3 is 2.86 bits per heavy atom. The fraction of sp³-hybridized carbons (Fsp3) is 0.500. The molecule has 0 aliphatic rings. The number of nitrogens with zero attached hydrogens (tertiary/aromatic N) is 3. The van der Waals surface area contributed by atoms with Crippen molar-refractivity contribution in [3.05, 3.63) is 46.5 Å². The lowest BCUT2D eigenvalue weighted by molar-refractivity contribution is 0.494. The van der Waals surface area contributed by atoms with Crippen LogP contribution in [0.15, 0.2) is 24.5 Å². The van der Waals surface area contributed by atoms with Gasteiger partial charge in [-0.2, -0.15) is 5.10 Å². The summed E-state index contributed by atoms with van der Waals surface area (Å²) in [6.07, 6.45) is 6.69. The Hall–Kier alpha value is -1.39. The first-order chi connectivity index (χ1) is 10.2. The summed E-state index contributed by atoms with van der Waals surface area (Å²) >= 11 is 6.39. The second-order valence-electron chi connectivity index (χ2n) is 5.25. The fourth-order valence-corrected chi connectivity index (χ4v) is 2.75. The first kappa shape index (κ1) is 16.0. The van der Waals surface area contributed by atoms with Crippen molar-refractivity contribution in [2.24, 2.45) is 0 Å². The van der Waals surface area contributed by atoms with Crippen LogP contribution in [-0.2, 0) is 19.4 Å². The Labute approximate surface area is 131 Å². The van der Waals surface area contributed by atoms with E-state index in [9.17, 15) is 0 Å². The SMILES string of the molecule is CCn1nc(C)c(Cl)c1CC(CCc1cccnc1)NC. The molecule has 0 aliphatic carbocycles. The highest BCUT2D eigenvalue weighted by Crippen LogP contribution is 2.22. The molecule has 0 radical (unpaired) electrons. The van der Waals surface area contributed by atoms with E-state index in [0.29, 0.717) is 6.04 Å². The average molecular weight is 307 g/mol. The van der Waals surface area contributed by atoms with Crippen molar-refractivity contribution in [2.45, 2.75) is 45.7 Å². The first-order valence-electron chi connectivity index (χ1n) is 7.43. The van der Waals surface area contributed by atoms with Crippen LogP contribution in [-0.4, -0.2) is 27.9 Å². The number of rotatable bonds is 7. The summed E-state index contributed by atoms with van der Waals surface area (Å²) < 4.78 is 2.01. The molecule has 1 unspecified atom stereocenters. The van der Waals surface area contributed by atoms with Crippen molar-refractivity contribution in [3.8, 4) is 0 Å². The molecule has 1 atom stereocenters. The second kappa shape index (κ2) is 7.57. The predicted molar refractivity (Wildman–Crippen MR) is 86.8 cm³/mol. The van der Waals surface area contributed by atoms with Crippen LogP contribution >= 0.6 is 11.6 Å². The van der Waals surface area contributed by atoms with Crippen LogP contribution in [0.3, 0.4) is 0 Å². The van der Waals surface area contributed by atoms with Gasteiger partial charge in [-0.05, 0) is 45.4 Å². The van der Waals surface area contributed by atoms with Gasteiger partial charge in [-0.3, -0.25) is 9.67 Å². The number of halogens is 1. The minimum Gasteiger partial charge on any atom is -0.317 e. The number of nitrogens with one attached hydrogen (secondary N) is 1. The van der Waals surface area contributed by atoms with Crippen molar-refractivity contribution >= 4 is 11.6 Å². The average Bonchev–Trinajstić information content (AvgIpc) is 2.79. The molecule has 2 heterocycles. The van der Waals surface area contributed by atoms with E-state index < -0.39 is 0 Å². The molecule has 21 heavy (non-hydrogen) atoms.